The van der Waals surface area contributed by atoms with E-state index >= 15 is 0 Å². The van der Waals surface area contributed by atoms with Crippen molar-refractivity contribution in [2.75, 3.05) is 50.5 Å². The summed E-state index contributed by atoms with van der Waals surface area (Å²) in [4.78, 5) is 6.61. The number of nitrogens with one attached hydrogen (secondary N) is 6. The van der Waals surface area contributed by atoms with Gasteiger partial charge in [-0.2, -0.15) is 5.26 Å². The van der Waals surface area contributed by atoms with E-state index in [1.165, 1.54) is 29.2 Å². The van der Waals surface area contributed by atoms with Crippen LogP contribution in [0.3, 0.4) is 0 Å². The summed E-state index contributed by atoms with van der Waals surface area (Å²) in [5.41, 5.74) is 25.8. The number of aromatic nitrogens is 1. The molecular weight excluding hydrogens is 502 g/mol. The summed E-state index contributed by atoms with van der Waals surface area (Å²) in [5, 5.41) is 13.7. The second-order valence-corrected chi connectivity index (χ2v) is 10.7. The van der Waals surface area contributed by atoms with E-state index in [0.717, 1.165) is 52.0 Å². The SMILES string of the molecule is Cc1cc(NNc2ccc(N3CCCC3)s2)ccc1NNc1ccc(NNc2nc(C#N)cs2)c(C)c1. The van der Waals surface area contributed by atoms with Crippen LogP contribution in [0.25, 0.3) is 0 Å². The number of aryl methyl sites for hydroxylation is 2. The molecule has 190 valence electrons. The third-order valence-electron chi connectivity index (χ3n) is 6.06. The fraction of sp³-hybridized carbons (Fsp3) is 0.231. The minimum absolute atomic E-state index is 0.404. The van der Waals surface area contributed by atoms with E-state index in [2.05, 4.69) is 67.6 Å². The molecule has 0 aliphatic carbocycles. The molecule has 0 amide bonds. The van der Waals surface area contributed by atoms with Crippen LogP contribution in [0.4, 0.5) is 37.9 Å². The molecule has 0 spiro atoms. The number of thiophene rings is 1. The van der Waals surface area contributed by atoms with Gasteiger partial charge in [0.2, 0.25) is 5.13 Å². The largest absolute Gasteiger partial charge is 0.363 e. The van der Waals surface area contributed by atoms with Gasteiger partial charge < -0.3 is 21.2 Å². The highest BCUT2D eigenvalue weighted by atomic mass is 32.1. The van der Waals surface area contributed by atoms with Gasteiger partial charge in [0, 0.05) is 18.5 Å². The number of thiazole rings is 1. The number of nitriles is 1. The maximum absolute atomic E-state index is 8.90. The van der Waals surface area contributed by atoms with Gasteiger partial charge in [-0.25, -0.2) is 4.98 Å². The first-order chi connectivity index (χ1) is 18.1. The lowest BCUT2D eigenvalue weighted by atomic mass is 10.2. The molecule has 1 aliphatic heterocycles. The highest BCUT2D eigenvalue weighted by Crippen LogP contribution is 2.32. The predicted molar refractivity (Wildman–Crippen MR) is 157 cm³/mol. The molecule has 5 rings (SSSR count). The molecule has 1 saturated heterocycles. The average Bonchev–Trinajstić information content (AvgIpc) is 3.68. The fourth-order valence-corrected chi connectivity index (χ4v) is 5.54. The number of benzene rings is 2. The molecule has 4 aromatic rings. The lowest BCUT2D eigenvalue weighted by Crippen LogP contribution is -2.15. The third-order valence-corrected chi connectivity index (χ3v) is 7.88. The molecule has 0 unspecified atom stereocenters. The first-order valence-corrected chi connectivity index (χ1v) is 13.7. The molecule has 37 heavy (non-hydrogen) atoms. The molecule has 11 heteroatoms. The van der Waals surface area contributed by atoms with Crippen molar-refractivity contribution in [3.8, 4) is 6.07 Å². The summed E-state index contributed by atoms with van der Waals surface area (Å²) < 4.78 is 0. The maximum Gasteiger partial charge on any atom is 0.202 e. The van der Waals surface area contributed by atoms with Crippen molar-refractivity contribution in [1.82, 2.24) is 4.98 Å². The van der Waals surface area contributed by atoms with Gasteiger partial charge >= 0.3 is 0 Å². The first-order valence-electron chi connectivity index (χ1n) is 12.1. The van der Waals surface area contributed by atoms with Gasteiger partial charge in [0.05, 0.1) is 27.8 Å². The Bertz CT molecular complexity index is 1400. The van der Waals surface area contributed by atoms with Crippen LogP contribution in [0.1, 0.15) is 29.7 Å². The van der Waals surface area contributed by atoms with Gasteiger partial charge in [0.25, 0.3) is 0 Å². The number of nitrogens with zero attached hydrogens (tertiary/aromatic N) is 3. The van der Waals surface area contributed by atoms with Crippen LogP contribution in [0.5, 0.6) is 0 Å². The lowest BCUT2D eigenvalue weighted by molar-refractivity contribution is 0.949. The lowest BCUT2D eigenvalue weighted by Gasteiger charge is -2.16. The van der Waals surface area contributed by atoms with Gasteiger partial charge in [-0.3, -0.25) is 16.3 Å². The smallest absolute Gasteiger partial charge is 0.202 e. The Hall–Kier alpha value is -4.14. The Kier molecular flexibility index (Phi) is 7.49. The molecule has 1 aliphatic rings. The standard InChI is InChI=1S/C26H29N9S2/c1-17-14-20(30-33-24-9-10-25(37-24)35-11-3-4-12-35)6-7-22(17)31-29-19-5-8-23(18(2)13-19)32-34-26-28-21(15-27)16-36-26/h5-10,13-14,16,29-33H,3-4,11-12H2,1-2H3,(H,28,34). The summed E-state index contributed by atoms with van der Waals surface area (Å²) in [6.45, 7) is 6.42. The van der Waals surface area contributed by atoms with Crippen molar-refractivity contribution in [1.29, 1.82) is 5.26 Å². The summed E-state index contributed by atoms with van der Waals surface area (Å²) in [7, 11) is 0. The molecule has 0 radical (unpaired) electrons. The van der Waals surface area contributed by atoms with Crippen molar-refractivity contribution in [3.63, 3.8) is 0 Å². The predicted octanol–water partition coefficient (Wildman–Crippen LogP) is 6.61. The number of hydrazine groups is 3. The number of hydrogen-bond acceptors (Lipinski definition) is 11. The summed E-state index contributed by atoms with van der Waals surface area (Å²) in [6.07, 6.45) is 2.57. The van der Waals surface area contributed by atoms with Crippen molar-refractivity contribution >= 4 is 60.6 Å². The third kappa shape index (κ3) is 6.17. The minimum atomic E-state index is 0.404. The normalized spacial score (nSPS) is 12.6. The van der Waals surface area contributed by atoms with E-state index in [-0.39, 0.29) is 0 Å². The Morgan fingerprint density at radius 1 is 0.811 bits per heavy atom. The van der Waals surface area contributed by atoms with Crippen molar-refractivity contribution < 1.29 is 0 Å². The van der Waals surface area contributed by atoms with Gasteiger partial charge in [0.1, 0.15) is 11.1 Å². The van der Waals surface area contributed by atoms with Gasteiger partial charge in [-0.05, 0) is 86.3 Å². The van der Waals surface area contributed by atoms with Crippen LogP contribution in [-0.4, -0.2) is 18.1 Å². The fourth-order valence-electron chi connectivity index (χ4n) is 4.04. The zero-order valence-corrected chi connectivity index (χ0v) is 22.3. The molecule has 0 bridgehead atoms. The highest BCUT2D eigenvalue weighted by Gasteiger charge is 2.14. The average molecular weight is 532 g/mol. The van der Waals surface area contributed by atoms with Gasteiger partial charge in [-0.15, -0.1) is 11.3 Å². The van der Waals surface area contributed by atoms with Gasteiger partial charge in [-0.1, -0.05) is 11.3 Å². The van der Waals surface area contributed by atoms with Crippen LogP contribution in [0.15, 0.2) is 53.9 Å². The zero-order valence-electron chi connectivity index (χ0n) is 20.7. The Balaban J connectivity index is 1.12. The first kappa shape index (κ1) is 24.5. The van der Waals surface area contributed by atoms with E-state index in [4.69, 9.17) is 5.26 Å². The van der Waals surface area contributed by atoms with Crippen LogP contribution >= 0.6 is 22.7 Å². The monoisotopic (exact) mass is 531 g/mol. The minimum Gasteiger partial charge on any atom is -0.363 e. The van der Waals surface area contributed by atoms with Crippen LogP contribution in [0.2, 0.25) is 0 Å². The van der Waals surface area contributed by atoms with Crippen LogP contribution in [-0.2, 0) is 0 Å². The molecule has 1 fully saturated rings. The maximum atomic E-state index is 8.90. The summed E-state index contributed by atoms with van der Waals surface area (Å²) in [6, 6.07) is 18.6. The van der Waals surface area contributed by atoms with Crippen LogP contribution in [0, 0.1) is 25.2 Å². The summed E-state index contributed by atoms with van der Waals surface area (Å²) in [5.74, 6) is 0. The second kappa shape index (κ2) is 11.3. The highest BCUT2D eigenvalue weighted by molar-refractivity contribution is 7.20. The molecule has 2 aromatic heterocycles. The Morgan fingerprint density at radius 3 is 2.08 bits per heavy atom. The molecule has 0 saturated carbocycles. The number of rotatable bonds is 10. The quantitative estimate of drug-likeness (QED) is 0.126. The van der Waals surface area contributed by atoms with E-state index < -0.39 is 0 Å². The topological polar surface area (TPSA) is 112 Å². The summed E-state index contributed by atoms with van der Waals surface area (Å²) >= 11 is 3.15. The molecule has 3 heterocycles. The van der Waals surface area contributed by atoms with E-state index in [1.807, 2.05) is 43.3 Å². The van der Waals surface area contributed by atoms with Gasteiger partial charge in [0.15, 0.2) is 5.69 Å². The van der Waals surface area contributed by atoms with Crippen molar-refractivity contribution in [2.45, 2.75) is 26.7 Å². The zero-order chi connectivity index (χ0) is 25.6. The Morgan fingerprint density at radius 2 is 1.46 bits per heavy atom. The number of hydrogen-bond donors (Lipinski definition) is 6. The van der Waals surface area contributed by atoms with Crippen molar-refractivity contribution in [3.05, 3.63) is 70.7 Å². The van der Waals surface area contributed by atoms with E-state index in [0.29, 0.717) is 10.8 Å². The number of anilines is 7. The molecule has 9 nitrogen and oxygen atoms in total. The van der Waals surface area contributed by atoms with Crippen molar-refractivity contribution in [2.24, 2.45) is 0 Å². The molecule has 2 aromatic carbocycles. The van der Waals surface area contributed by atoms with E-state index in [9.17, 15) is 0 Å². The van der Waals surface area contributed by atoms with E-state index in [1.54, 1.807) is 16.7 Å². The molecular formula is C26H29N9S2. The molecule has 0 atom stereocenters. The van der Waals surface area contributed by atoms with Crippen LogP contribution < -0.4 is 37.5 Å². The Labute approximate surface area is 224 Å². The second-order valence-electron chi connectivity index (χ2n) is 8.79. The molecule has 6 N–H and O–H groups in total.